The molecule has 22 heavy (non-hydrogen) atoms. The molecule has 2 aromatic rings. The van der Waals surface area contributed by atoms with Crippen LogP contribution in [0.5, 0.6) is 0 Å². The first-order valence-corrected chi connectivity index (χ1v) is 5.93. The van der Waals surface area contributed by atoms with Crippen molar-refractivity contribution in [2.45, 2.75) is 6.18 Å². The minimum Gasteiger partial charge on any atom is -0.290 e. The Morgan fingerprint density at radius 1 is 0.955 bits per heavy atom. The molecule has 2 aromatic carbocycles. The third-order valence-electron chi connectivity index (χ3n) is 2.74. The third-order valence-corrected chi connectivity index (χ3v) is 2.74. The Balaban J connectivity index is 2.41. The van der Waals surface area contributed by atoms with Gasteiger partial charge in [0.05, 0.1) is 16.8 Å². The first kappa shape index (κ1) is 15.9. The van der Waals surface area contributed by atoms with E-state index in [0.29, 0.717) is 0 Å². The molecule has 3 nitrogen and oxygen atoms in total. The monoisotopic (exact) mass is 316 g/mol. The Bertz CT molecular complexity index is 675. The molecular formula is C14H9F5N2O. The van der Waals surface area contributed by atoms with Crippen LogP contribution in [0.3, 0.4) is 0 Å². The quantitative estimate of drug-likeness (QED) is 0.380. The fourth-order valence-electron chi connectivity index (χ4n) is 1.71. The zero-order valence-electron chi connectivity index (χ0n) is 10.8. The van der Waals surface area contributed by atoms with E-state index in [1.54, 1.807) is 5.48 Å². The Morgan fingerprint density at radius 2 is 1.50 bits per heavy atom. The predicted octanol–water partition coefficient (Wildman–Crippen LogP) is 4.04. The lowest BCUT2D eigenvalue weighted by Crippen LogP contribution is -2.22. The minimum absolute atomic E-state index is 0.0211. The maximum atomic E-state index is 13.6. The van der Waals surface area contributed by atoms with Crippen molar-refractivity contribution in [2.75, 3.05) is 0 Å². The number of nitrogens with zero attached hydrogens (tertiary/aromatic N) is 1. The molecule has 0 aliphatic rings. The second kappa shape index (κ2) is 6.10. The van der Waals surface area contributed by atoms with Crippen LogP contribution in [-0.4, -0.2) is 11.0 Å². The van der Waals surface area contributed by atoms with Gasteiger partial charge in [-0.05, 0) is 36.4 Å². The zero-order valence-corrected chi connectivity index (χ0v) is 10.8. The Morgan fingerprint density at radius 3 is 1.95 bits per heavy atom. The third kappa shape index (κ3) is 3.40. The van der Waals surface area contributed by atoms with E-state index in [9.17, 15) is 22.0 Å². The predicted molar refractivity (Wildman–Crippen MR) is 68.9 cm³/mol. The van der Waals surface area contributed by atoms with Crippen LogP contribution in [0.1, 0.15) is 11.1 Å². The summed E-state index contributed by atoms with van der Waals surface area (Å²) in [6, 6.07) is 6.60. The summed E-state index contributed by atoms with van der Waals surface area (Å²) >= 11 is 0. The fraction of sp³-hybridized carbons (Fsp3) is 0.0714. The molecule has 8 heteroatoms. The van der Waals surface area contributed by atoms with Crippen LogP contribution in [-0.2, 0) is 6.18 Å². The van der Waals surface area contributed by atoms with E-state index in [0.717, 1.165) is 42.5 Å². The summed E-state index contributed by atoms with van der Waals surface area (Å²) in [5.74, 6) is -2.52. The largest absolute Gasteiger partial charge is 0.416 e. The van der Waals surface area contributed by atoms with Crippen molar-refractivity contribution in [2.24, 2.45) is 4.99 Å². The SMILES string of the molecule is ONC(=Nc1ccc(C(F)(F)F)cc1)c1c(F)cccc1F. The van der Waals surface area contributed by atoms with Gasteiger partial charge in [0, 0.05) is 0 Å². The lowest BCUT2D eigenvalue weighted by Gasteiger charge is -2.09. The van der Waals surface area contributed by atoms with Gasteiger partial charge in [0.25, 0.3) is 0 Å². The molecule has 2 N–H and O–H groups in total. The smallest absolute Gasteiger partial charge is 0.290 e. The molecule has 0 saturated carbocycles. The van der Waals surface area contributed by atoms with Gasteiger partial charge in [-0.15, -0.1) is 0 Å². The number of benzene rings is 2. The summed E-state index contributed by atoms with van der Waals surface area (Å²) in [4.78, 5) is 3.70. The molecule has 0 aliphatic heterocycles. The number of hydroxylamine groups is 1. The van der Waals surface area contributed by atoms with Crippen LogP contribution in [0.4, 0.5) is 27.6 Å². The topological polar surface area (TPSA) is 44.6 Å². The molecule has 2 rings (SSSR count). The van der Waals surface area contributed by atoms with E-state index in [1.165, 1.54) is 0 Å². The fourth-order valence-corrected chi connectivity index (χ4v) is 1.71. The van der Waals surface area contributed by atoms with Gasteiger partial charge in [0.2, 0.25) is 0 Å². The van der Waals surface area contributed by atoms with Gasteiger partial charge in [-0.1, -0.05) is 6.07 Å². The molecule has 0 bridgehead atoms. The molecule has 0 spiro atoms. The van der Waals surface area contributed by atoms with Gasteiger partial charge in [-0.2, -0.15) is 13.2 Å². The summed E-state index contributed by atoms with van der Waals surface area (Å²) in [5.41, 5.74) is 0.0125. The number of rotatable bonds is 2. The standard InChI is InChI=1S/C14H9F5N2O/c15-10-2-1-3-11(16)12(10)13(21-22)20-9-6-4-8(5-7-9)14(17,18)19/h1-7,22H,(H,20,21). The summed E-state index contributed by atoms with van der Waals surface area (Å²) in [7, 11) is 0. The van der Waals surface area contributed by atoms with Crippen molar-refractivity contribution in [3.63, 3.8) is 0 Å². The minimum atomic E-state index is -4.50. The number of hydrogen-bond donors (Lipinski definition) is 2. The lowest BCUT2D eigenvalue weighted by molar-refractivity contribution is -0.137. The van der Waals surface area contributed by atoms with E-state index >= 15 is 0 Å². The zero-order chi connectivity index (χ0) is 16.3. The molecule has 0 radical (unpaired) electrons. The van der Waals surface area contributed by atoms with Crippen LogP contribution in [0, 0.1) is 11.6 Å². The van der Waals surface area contributed by atoms with Gasteiger partial charge in [-0.3, -0.25) is 10.7 Å². The molecule has 0 unspecified atom stereocenters. The molecule has 0 fully saturated rings. The molecular weight excluding hydrogens is 307 g/mol. The number of nitrogens with one attached hydrogen (secondary N) is 1. The van der Waals surface area contributed by atoms with Gasteiger partial charge in [-0.25, -0.2) is 13.8 Å². The summed E-state index contributed by atoms with van der Waals surface area (Å²) in [5, 5.41) is 8.98. The number of alkyl halides is 3. The maximum absolute atomic E-state index is 13.6. The number of amidine groups is 1. The Hall–Kier alpha value is -2.48. The van der Waals surface area contributed by atoms with Crippen molar-refractivity contribution in [1.29, 1.82) is 0 Å². The van der Waals surface area contributed by atoms with E-state index in [1.807, 2.05) is 0 Å². The van der Waals surface area contributed by atoms with Crippen molar-refractivity contribution in [1.82, 2.24) is 5.48 Å². The van der Waals surface area contributed by atoms with Gasteiger partial charge in [0.1, 0.15) is 11.6 Å². The molecule has 0 atom stereocenters. The maximum Gasteiger partial charge on any atom is 0.416 e. The average molecular weight is 316 g/mol. The summed E-state index contributed by atoms with van der Waals surface area (Å²) in [6.07, 6.45) is -4.50. The highest BCUT2D eigenvalue weighted by molar-refractivity contribution is 6.00. The Kier molecular flexibility index (Phi) is 4.41. The number of hydrogen-bond acceptors (Lipinski definition) is 2. The Labute approximate surface area is 121 Å². The van der Waals surface area contributed by atoms with Crippen LogP contribution in [0.2, 0.25) is 0 Å². The molecule has 0 heterocycles. The van der Waals surface area contributed by atoms with Gasteiger partial charge >= 0.3 is 6.18 Å². The van der Waals surface area contributed by atoms with Crippen molar-refractivity contribution >= 4 is 11.5 Å². The van der Waals surface area contributed by atoms with Crippen LogP contribution in [0.25, 0.3) is 0 Å². The molecule has 0 aromatic heterocycles. The highest BCUT2D eigenvalue weighted by Crippen LogP contribution is 2.30. The van der Waals surface area contributed by atoms with Gasteiger partial charge < -0.3 is 0 Å². The summed E-state index contributed by atoms with van der Waals surface area (Å²) < 4.78 is 64.5. The van der Waals surface area contributed by atoms with E-state index < -0.39 is 34.8 Å². The first-order chi connectivity index (χ1) is 10.3. The first-order valence-electron chi connectivity index (χ1n) is 5.93. The van der Waals surface area contributed by atoms with E-state index in [2.05, 4.69) is 4.99 Å². The van der Waals surface area contributed by atoms with Crippen LogP contribution >= 0.6 is 0 Å². The summed E-state index contributed by atoms with van der Waals surface area (Å²) in [6.45, 7) is 0. The van der Waals surface area contributed by atoms with Crippen LogP contribution < -0.4 is 5.48 Å². The van der Waals surface area contributed by atoms with E-state index in [4.69, 9.17) is 5.21 Å². The highest BCUT2D eigenvalue weighted by atomic mass is 19.4. The molecule has 0 amide bonds. The number of halogens is 5. The molecule has 0 saturated heterocycles. The normalized spacial score (nSPS) is 12.4. The van der Waals surface area contributed by atoms with Crippen molar-refractivity contribution in [3.8, 4) is 0 Å². The highest BCUT2D eigenvalue weighted by Gasteiger charge is 2.30. The van der Waals surface area contributed by atoms with Crippen molar-refractivity contribution in [3.05, 3.63) is 65.2 Å². The molecule has 0 aliphatic carbocycles. The molecule has 116 valence electrons. The van der Waals surface area contributed by atoms with E-state index in [-0.39, 0.29) is 5.69 Å². The lowest BCUT2D eigenvalue weighted by atomic mass is 10.1. The second-order valence-corrected chi connectivity index (χ2v) is 4.21. The number of aliphatic imine (C=N–C) groups is 1. The van der Waals surface area contributed by atoms with Gasteiger partial charge in [0.15, 0.2) is 5.84 Å². The average Bonchev–Trinajstić information content (AvgIpc) is 2.45. The van der Waals surface area contributed by atoms with Crippen molar-refractivity contribution < 1.29 is 27.2 Å². The van der Waals surface area contributed by atoms with Crippen LogP contribution in [0.15, 0.2) is 47.5 Å². The second-order valence-electron chi connectivity index (χ2n) is 4.21.